The molecule has 1 fully saturated rings. The van der Waals surface area contributed by atoms with Gasteiger partial charge in [-0.05, 0) is 31.2 Å². The van der Waals surface area contributed by atoms with E-state index in [2.05, 4.69) is 21.7 Å². The zero-order valence-electron chi connectivity index (χ0n) is 18.8. The minimum atomic E-state index is -1.06. The van der Waals surface area contributed by atoms with Crippen molar-refractivity contribution in [1.82, 2.24) is 14.8 Å². The molecule has 4 aromatic rings. The van der Waals surface area contributed by atoms with Gasteiger partial charge in [0.25, 0.3) is 0 Å². The summed E-state index contributed by atoms with van der Waals surface area (Å²) in [5, 5.41) is 23.6. The number of carbonyl (C=O) groups is 1. The number of aromatic carboxylic acids is 1. The van der Waals surface area contributed by atoms with Gasteiger partial charge >= 0.3 is 5.97 Å². The van der Waals surface area contributed by atoms with Crippen molar-refractivity contribution < 1.29 is 19.4 Å². The van der Waals surface area contributed by atoms with Crippen molar-refractivity contribution in [1.29, 1.82) is 0 Å². The Kier molecular flexibility index (Phi) is 5.52. The van der Waals surface area contributed by atoms with Gasteiger partial charge in [-0.3, -0.25) is 9.88 Å². The Morgan fingerprint density at radius 3 is 2.39 bits per heavy atom. The van der Waals surface area contributed by atoms with Crippen LogP contribution >= 0.6 is 0 Å². The number of benzene rings is 2. The molecule has 0 aliphatic carbocycles. The van der Waals surface area contributed by atoms with E-state index in [0.717, 1.165) is 38.3 Å². The summed E-state index contributed by atoms with van der Waals surface area (Å²) in [6, 6.07) is 11.0. The summed E-state index contributed by atoms with van der Waals surface area (Å²) in [4.78, 5) is 21.2. The number of carboxylic acids is 1. The third-order valence-electron chi connectivity index (χ3n) is 6.76. The van der Waals surface area contributed by atoms with Gasteiger partial charge in [0.1, 0.15) is 22.7 Å². The molecule has 2 aromatic carbocycles. The maximum absolute atomic E-state index is 12.3. The van der Waals surface area contributed by atoms with Crippen LogP contribution in [0, 0.1) is 6.92 Å². The lowest BCUT2D eigenvalue weighted by Crippen LogP contribution is -2.47. The highest BCUT2D eigenvalue weighted by Gasteiger charge is 2.34. The van der Waals surface area contributed by atoms with Crippen molar-refractivity contribution in [3.8, 4) is 5.75 Å². The van der Waals surface area contributed by atoms with Gasteiger partial charge in [-0.15, -0.1) is 0 Å². The molecule has 5 rings (SSSR count). The Morgan fingerprint density at radius 2 is 1.76 bits per heavy atom. The average Bonchev–Trinajstić information content (AvgIpc) is 3.19. The SMILES string of the molecule is CCN1CCN(C(c2ccncc2)c2c(O)c3ccccc3c3oc(C)c(C(=O)O)c23)CC1. The lowest BCUT2D eigenvalue weighted by Gasteiger charge is -2.39. The molecule has 0 radical (unpaired) electrons. The molecule has 170 valence electrons. The van der Waals surface area contributed by atoms with Gasteiger partial charge in [0.2, 0.25) is 0 Å². The molecule has 1 saturated heterocycles. The maximum atomic E-state index is 12.3. The largest absolute Gasteiger partial charge is 0.507 e. The number of pyridine rings is 1. The number of furan rings is 1. The zero-order chi connectivity index (χ0) is 23.1. The van der Waals surface area contributed by atoms with Crippen LogP contribution in [0.2, 0.25) is 0 Å². The van der Waals surface area contributed by atoms with Crippen LogP contribution in [0.15, 0.2) is 53.2 Å². The second kappa shape index (κ2) is 8.50. The molecule has 1 atom stereocenters. The molecule has 33 heavy (non-hydrogen) atoms. The molecule has 2 N–H and O–H groups in total. The first-order valence-corrected chi connectivity index (χ1v) is 11.3. The molecule has 0 saturated carbocycles. The fraction of sp³-hybridized carbons (Fsp3) is 0.308. The fourth-order valence-corrected chi connectivity index (χ4v) is 5.11. The van der Waals surface area contributed by atoms with Crippen molar-refractivity contribution in [2.75, 3.05) is 32.7 Å². The van der Waals surface area contributed by atoms with Crippen LogP contribution in [0.1, 0.15) is 40.2 Å². The molecule has 0 spiro atoms. The Hall–Kier alpha value is -3.42. The molecular weight excluding hydrogens is 418 g/mol. The molecule has 1 aliphatic rings. The monoisotopic (exact) mass is 445 g/mol. The summed E-state index contributed by atoms with van der Waals surface area (Å²) >= 11 is 0. The molecule has 7 heteroatoms. The maximum Gasteiger partial charge on any atom is 0.339 e. The molecule has 0 amide bonds. The number of likely N-dealkylation sites (N-methyl/N-ethyl adjacent to an activating group) is 1. The average molecular weight is 446 g/mol. The molecule has 7 nitrogen and oxygen atoms in total. The molecule has 1 unspecified atom stereocenters. The second-order valence-corrected chi connectivity index (χ2v) is 8.50. The first-order valence-electron chi connectivity index (χ1n) is 11.3. The van der Waals surface area contributed by atoms with Crippen LogP contribution in [0.3, 0.4) is 0 Å². The third-order valence-corrected chi connectivity index (χ3v) is 6.76. The number of carboxylic acid groups (broad SMARTS) is 1. The van der Waals surface area contributed by atoms with E-state index in [-0.39, 0.29) is 17.4 Å². The van der Waals surface area contributed by atoms with Gasteiger partial charge in [0, 0.05) is 60.3 Å². The van der Waals surface area contributed by atoms with E-state index >= 15 is 0 Å². The first kappa shape index (κ1) is 21.4. The van der Waals surface area contributed by atoms with Crippen LogP contribution in [0.5, 0.6) is 5.75 Å². The van der Waals surface area contributed by atoms with E-state index < -0.39 is 5.97 Å². The predicted octanol–water partition coefficient (Wildman–Crippen LogP) is 4.42. The zero-order valence-corrected chi connectivity index (χ0v) is 18.8. The Labute approximate surface area is 191 Å². The van der Waals surface area contributed by atoms with E-state index in [1.54, 1.807) is 19.3 Å². The summed E-state index contributed by atoms with van der Waals surface area (Å²) < 4.78 is 6.05. The number of aromatic hydroxyl groups is 1. The normalized spacial score (nSPS) is 16.4. The van der Waals surface area contributed by atoms with E-state index in [1.165, 1.54) is 0 Å². The fourth-order valence-electron chi connectivity index (χ4n) is 5.11. The standard InChI is InChI=1S/C26H27N3O4/c1-3-28-12-14-29(15-13-28)23(17-8-10-27-11-9-17)22-21-20(26(31)32)16(2)33-25(21)19-7-5-4-6-18(19)24(22)30/h4-11,23,30H,3,12-15H2,1-2H3,(H,31,32). The summed E-state index contributed by atoms with van der Waals surface area (Å²) in [5.74, 6) is -0.633. The van der Waals surface area contributed by atoms with Crippen LogP contribution in [0.25, 0.3) is 21.7 Å². The quantitative estimate of drug-likeness (QED) is 0.470. The Morgan fingerprint density at radius 1 is 1.09 bits per heavy atom. The van der Waals surface area contributed by atoms with Gasteiger partial charge in [0.05, 0.1) is 6.04 Å². The number of phenols is 1. The van der Waals surface area contributed by atoms with Crippen molar-refractivity contribution in [2.45, 2.75) is 19.9 Å². The minimum absolute atomic E-state index is 0.0983. The minimum Gasteiger partial charge on any atom is -0.507 e. The smallest absolute Gasteiger partial charge is 0.339 e. The number of nitrogens with zero attached hydrogens (tertiary/aromatic N) is 3. The van der Waals surface area contributed by atoms with Crippen LogP contribution in [-0.4, -0.2) is 63.7 Å². The molecule has 3 heterocycles. The molecule has 0 bridgehead atoms. The highest BCUT2D eigenvalue weighted by Crippen LogP contribution is 2.47. The highest BCUT2D eigenvalue weighted by molar-refractivity contribution is 6.16. The molecule has 2 aromatic heterocycles. The number of phenolic OH excluding ortho intramolecular Hbond substituents is 1. The van der Waals surface area contributed by atoms with Gasteiger partial charge < -0.3 is 19.5 Å². The topological polar surface area (TPSA) is 90.0 Å². The van der Waals surface area contributed by atoms with Crippen molar-refractivity contribution in [2.24, 2.45) is 0 Å². The number of aryl methyl sites for hydroxylation is 1. The van der Waals surface area contributed by atoms with E-state index in [9.17, 15) is 15.0 Å². The molecular formula is C26H27N3O4. The van der Waals surface area contributed by atoms with Crippen LogP contribution in [0.4, 0.5) is 0 Å². The van der Waals surface area contributed by atoms with Gasteiger partial charge in [-0.1, -0.05) is 31.2 Å². The summed E-state index contributed by atoms with van der Waals surface area (Å²) in [6.07, 6.45) is 3.47. The predicted molar refractivity (Wildman–Crippen MR) is 127 cm³/mol. The van der Waals surface area contributed by atoms with Crippen molar-refractivity contribution in [3.05, 3.63) is 71.2 Å². The van der Waals surface area contributed by atoms with E-state index in [1.807, 2.05) is 36.4 Å². The van der Waals surface area contributed by atoms with Gasteiger partial charge in [-0.2, -0.15) is 0 Å². The number of rotatable bonds is 5. The summed E-state index contributed by atoms with van der Waals surface area (Å²) in [6.45, 7) is 8.23. The van der Waals surface area contributed by atoms with Crippen LogP contribution in [-0.2, 0) is 0 Å². The van der Waals surface area contributed by atoms with Crippen LogP contribution < -0.4 is 0 Å². The Balaban J connectivity index is 1.84. The van der Waals surface area contributed by atoms with E-state index in [0.29, 0.717) is 33.1 Å². The number of hydrogen-bond donors (Lipinski definition) is 2. The molecule has 1 aliphatic heterocycles. The second-order valence-electron chi connectivity index (χ2n) is 8.50. The Bertz CT molecular complexity index is 1320. The number of piperazine rings is 1. The number of hydrogen-bond acceptors (Lipinski definition) is 6. The van der Waals surface area contributed by atoms with Gasteiger partial charge in [0.15, 0.2) is 0 Å². The van der Waals surface area contributed by atoms with E-state index in [4.69, 9.17) is 4.42 Å². The number of aromatic nitrogens is 1. The first-order chi connectivity index (χ1) is 16.0. The number of fused-ring (bicyclic) bond motifs is 3. The lowest BCUT2D eigenvalue weighted by molar-refractivity contribution is 0.0696. The lowest BCUT2D eigenvalue weighted by atomic mass is 9.89. The van der Waals surface area contributed by atoms with Gasteiger partial charge in [-0.25, -0.2) is 4.79 Å². The van der Waals surface area contributed by atoms with Crippen molar-refractivity contribution in [3.63, 3.8) is 0 Å². The third kappa shape index (κ3) is 3.53. The summed E-state index contributed by atoms with van der Waals surface area (Å²) in [7, 11) is 0. The van der Waals surface area contributed by atoms with Crippen molar-refractivity contribution >= 4 is 27.7 Å². The highest BCUT2D eigenvalue weighted by atomic mass is 16.4. The summed E-state index contributed by atoms with van der Waals surface area (Å²) in [5.41, 5.74) is 2.14.